The predicted molar refractivity (Wildman–Crippen MR) is 137 cm³/mol. The number of hydrogen-bond donors (Lipinski definition) is 2. The minimum absolute atomic E-state index is 0.0740. The smallest absolute Gasteiger partial charge is 0.416 e. The minimum Gasteiger partial charge on any atom is -0.490 e. The van der Waals surface area contributed by atoms with E-state index in [4.69, 9.17) is 10.5 Å². The Morgan fingerprint density at radius 2 is 1.76 bits per heavy atom. The Morgan fingerprint density at radius 3 is 2.34 bits per heavy atom. The van der Waals surface area contributed by atoms with Gasteiger partial charge in [0.2, 0.25) is 0 Å². The molecular weight excluding hydrogens is 523 g/mol. The Bertz CT molecular complexity index is 1470. The van der Waals surface area contributed by atoms with Crippen LogP contribution in [0.2, 0.25) is 0 Å². The van der Waals surface area contributed by atoms with Crippen molar-refractivity contribution in [2.24, 2.45) is 5.73 Å². The number of benzene rings is 2. The molecule has 0 radical (unpaired) electrons. The van der Waals surface area contributed by atoms with E-state index in [0.717, 1.165) is 23.1 Å². The number of carbonyl (C=O) groups excluding carboxylic acids is 1. The van der Waals surface area contributed by atoms with Crippen LogP contribution in [0.5, 0.6) is 5.75 Å². The molecule has 3 aromatic rings. The normalized spacial score (nSPS) is 12.0. The number of nitrogens with one attached hydrogen (secondary N) is 1. The topological polar surface area (TPSA) is 123 Å². The number of pyridine rings is 1. The van der Waals surface area contributed by atoms with Crippen molar-refractivity contribution in [3.63, 3.8) is 0 Å². The molecule has 3 N–H and O–H groups in total. The van der Waals surface area contributed by atoms with Crippen molar-refractivity contribution in [2.75, 3.05) is 18.1 Å². The van der Waals surface area contributed by atoms with Gasteiger partial charge in [0.1, 0.15) is 17.9 Å². The molecule has 38 heavy (non-hydrogen) atoms. The van der Waals surface area contributed by atoms with Crippen LogP contribution in [0.15, 0.2) is 64.3 Å². The van der Waals surface area contributed by atoms with Crippen molar-refractivity contribution in [1.29, 1.82) is 0 Å². The SMILES string of the molecule is Cc1[nH]c(=O)c(C(=O)N(Cc2ccc(S(=O)(=O)C(C)C)cc2)c2cccc(C(F)(F)F)c2)cc1OCCN. The van der Waals surface area contributed by atoms with Crippen LogP contribution in [0.4, 0.5) is 18.9 Å². The number of nitrogens with two attached hydrogens (primary N) is 1. The summed E-state index contributed by atoms with van der Waals surface area (Å²) in [5.41, 5.74) is 4.08. The highest BCUT2D eigenvalue weighted by atomic mass is 32.2. The molecule has 1 amide bonds. The van der Waals surface area contributed by atoms with Crippen molar-refractivity contribution in [1.82, 2.24) is 4.98 Å². The van der Waals surface area contributed by atoms with E-state index >= 15 is 0 Å². The molecule has 8 nitrogen and oxygen atoms in total. The third kappa shape index (κ3) is 6.43. The monoisotopic (exact) mass is 551 g/mol. The van der Waals surface area contributed by atoms with Gasteiger partial charge in [-0.1, -0.05) is 18.2 Å². The number of aromatic nitrogens is 1. The quantitative estimate of drug-likeness (QED) is 0.414. The zero-order chi connectivity index (χ0) is 28.3. The summed E-state index contributed by atoms with van der Waals surface area (Å²) in [6.07, 6.45) is -4.66. The molecule has 0 unspecified atom stereocenters. The molecule has 1 aromatic heterocycles. The lowest BCUT2D eigenvalue weighted by Gasteiger charge is -2.24. The third-order valence-corrected chi connectivity index (χ3v) is 7.91. The number of halogens is 3. The molecule has 3 rings (SSSR count). The van der Waals surface area contributed by atoms with Crippen LogP contribution < -0.4 is 20.9 Å². The third-order valence-electron chi connectivity index (χ3n) is 5.74. The first-order valence-electron chi connectivity index (χ1n) is 11.6. The van der Waals surface area contributed by atoms with Gasteiger partial charge in [-0.2, -0.15) is 13.2 Å². The maximum atomic E-state index is 13.6. The molecule has 12 heteroatoms. The number of aryl methyl sites for hydroxylation is 1. The molecule has 0 bridgehead atoms. The second kappa shape index (κ2) is 11.4. The number of carbonyl (C=O) groups is 1. The Labute approximate surface area is 218 Å². The standard InChI is InChI=1S/C26H28F3N3O5S/c1-16(2)38(35,36)21-9-7-18(8-10-21)15-32(20-6-4-5-19(13-20)26(27,28)29)25(34)22-14-23(37-12-11-30)17(3)31-24(22)33/h4-10,13-14,16H,11-12,15,30H2,1-3H3,(H,31,33). The molecule has 204 valence electrons. The van der Waals surface area contributed by atoms with Crippen LogP contribution in [0, 0.1) is 6.92 Å². The number of amides is 1. The molecule has 0 fully saturated rings. The average molecular weight is 552 g/mol. The molecule has 2 aromatic carbocycles. The van der Waals surface area contributed by atoms with E-state index in [1.165, 1.54) is 36.4 Å². The van der Waals surface area contributed by atoms with Crippen LogP contribution >= 0.6 is 0 Å². The van der Waals surface area contributed by atoms with Crippen molar-refractivity contribution in [2.45, 2.75) is 43.6 Å². The Hall–Kier alpha value is -3.64. The number of sulfone groups is 1. The Kier molecular flexibility index (Phi) is 8.68. The highest BCUT2D eigenvalue weighted by Gasteiger charge is 2.32. The molecule has 0 saturated heterocycles. The summed E-state index contributed by atoms with van der Waals surface area (Å²) < 4.78 is 70.7. The summed E-state index contributed by atoms with van der Waals surface area (Å²) >= 11 is 0. The number of nitrogens with zero attached hydrogens (tertiary/aromatic N) is 1. The summed E-state index contributed by atoms with van der Waals surface area (Å²) in [5, 5.41) is -0.652. The minimum atomic E-state index is -4.66. The molecule has 0 aliphatic rings. The van der Waals surface area contributed by atoms with Gasteiger partial charge < -0.3 is 20.4 Å². The first kappa shape index (κ1) is 28.9. The average Bonchev–Trinajstić information content (AvgIpc) is 2.86. The number of hydrogen-bond acceptors (Lipinski definition) is 6. The lowest BCUT2D eigenvalue weighted by molar-refractivity contribution is -0.137. The number of ether oxygens (including phenoxy) is 1. The first-order chi connectivity index (χ1) is 17.8. The van der Waals surface area contributed by atoms with Crippen molar-refractivity contribution < 1.29 is 31.1 Å². The fraction of sp³-hybridized carbons (Fsp3) is 0.308. The van der Waals surface area contributed by atoms with Gasteiger partial charge >= 0.3 is 6.18 Å². The maximum absolute atomic E-state index is 13.6. The van der Waals surface area contributed by atoms with Gasteiger partial charge in [-0.05, 0) is 56.7 Å². The van der Waals surface area contributed by atoms with E-state index < -0.39 is 38.3 Å². The summed E-state index contributed by atoms with van der Waals surface area (Å²) in [4.78, 5) is 30.0. The number of rotatable bonds is 9. The van der Waals surface area contributed by atoms with E-state index in [1.807, 2.05) is 0 Å². The van der Waals surface area contributed by atoms with Gasteiger partial charge in [0, 0.05) is 18.3 Å². The second-order valence-electron chi connectivity index (χ2n) is 8.82. The molecule has 0 saturated carbocycles. The lowest BCUT2D eigenvalue weighted by atomic mass is 10.1. The van der Waals surface area contributed by atoms with E-state index in [9.17, 15) is 31.2 Å². The van der Waals surface area contributed by atoms with E-state index in [-0.39, 0.29) is 41.6 Å². The first-order valence-corrected chi connectivity index (χ1v) is 13.2. The number of aromatic amines is 1. The number of anilines is 1. The van der Waals surface area contributed by atoms with Gasteiger partial charge in [-0.3, -0.25) is 9.59 Å². The van der Waals surface area contributed by atoms with Crippen LogP contribution in [-0.2, 0) is 22.6 Å². The zero-order valence-electron chi connectivity index (χ0n) is 21.0. The summed E-state index contributed by atoms with van der Waals surface area (Å²) in [6.45, 7) is 4.71. The van der Waals surface area contributed by atoms with Crippen LogP contribution in [0.3, 0.4) is 0 Å². The fourth-order valence-corrected chi connectivity index (χ4v) is 4.66. The molecule has 0 aliphatic heterocycles. The summed E-state index contributed by atoms with van der Waals surface area (Å²) in [5.74, 6) is -0.673. The van der Waals surface area contributed by atoms with Crippen molar-refractivity contribution in [3.05, 3.63) is 87.3 Å². The summed E-state index contributed by atoms with van der Waals surface area (Å²) in [7, 11) is -3.55. The molecule has 0 aliphatic carbocycles. The number of alkyl halides is 3. The van der Waals surface area contributed by atoms with Crippen LogP contribution in [0.1, 0.15) is 41.0 Å². The van der Waals surface area contributed by atoms with Gasteiger partial charge in [0.05, 0.1) is 27.9 Å². The molecule has 1 heterocycles. The molecular formula is C26H28F3N3O5S. The maximum Gasteiger partial charge on any atom is 0.416 e. The van der Waals surface area contributed by atoms with Crippen LogP contribution in [-0.4, -0.2) is 37.7 Å². The van der Waals surface area contributed by atoms with E-state index in [1.54, 1.807) is 20.8 Å². The Balaban J connectivity index is 2.09. The lowest BCUT2D eigenvalue weighted by Crippen LogP contribution is -2.35. The Morgan fingerprint density at radius 1 is 1.11 bits per heavy atom. The predicted octanol–water partition coefficient (Wildman–Crippen LogP) is 4.07. The van der Waals surface area contributed by atoms with E-state index in [2.05, 4.69) is 4.98 Å². The molecule has 0 spiro atoms. The second-order valence-corrected chi connectivity index (χ2v) is 11.3. The van der Waals surface area contributed by atoms with Gasteiger partial charge in [0.25, 0.3) is 11.5 Å². The largest absolute Gasteiger partial charge is 0.490 e. The van der Waals surface area contributed by atoms with Crippen molar-refractivity contribution in [3.8, 4) is 5.75 Å². The molecule has 0 atom stereocenters. The highest BCUT2D eigenvalue weighted by molar-refractivity contribution is 7.92. The summed E-state index contributed by atoms with van der Waals surface area (Å²) in [6, 6.07) is 11.1. The van der Waals surface area contributed by atoms with Gasteiger partial charge in [-0.15, -0.1) is 0 Å². The van der Waals surface area contributed by atoms with Crippen LogP contribution in [0.25, 0.3) is 0 Å². The number of H-pyrrole nitrogens is 1. The highest BCUT2D eigenvalue weighted by Crippen LogP contribution is 2.32. The van der Waals surface area contributed by atoms with Crippen molar-refractivity contribution >= 4 is 21.4 Å². The van der Waals surface area contributed by atoms with E-state index in [0.29, 0.717) is 11.3 Å². The van der Waals surface area contributed by atoms with Gasteiger partial charge in [0.15, 0.2) is 9.84 Å². The zero-order valence-corrected chi connectivity index (χ0v) is 21.8. The van der Waals surface area contributed by atoms with Gasteiger partial charge in [-0.25, -0.2) is 8.42 Å². The fourth-order valence-electron chi connectivity index (χ4n) is 3.60.